The van der Waals surface area contributed by atoms with E-state index in [2.05, 4.69) is 66.7 Å². The number of nitrogens with zero attached hydrogens (tertiary/aromatic N) is 5. The summed E-state index contributed by atoms with van der Waals surface area (Å²) in [5, 5.41) is 0. The fourth-order valence-corrected chi connectivity index (χ4v) is 4.46. The zero-order valence-electron chi connectivity index (χ0n) is 17.8. The average Bonchev–Trinajstić information content (AvgIpc) is 2.70. The molecule has 1 atom stereocenters. The third kappa shape index (κ3) is 3.94. The van der Waals surface area contributed by atoms with Gasteiger partial charge in [0, 0.05) is 56.7 Å². The van der Waals surface area contributed by atoms with Crippen molar-refractivity contribution in [1.29, 1.82) is 0 Å². The van der Waals surface area contributed by atoms with Gasteiger partial charge in [-0.05, 0) is 56.7 Å². The van der Waals surface area contributed by atoms with E-state index >= 15 is 0 Å². The van der Waals surface area contributed by atoms with E-state index < -0.39 is 0 Å². The Kier molecular flexibility index (Phi) is 5.42. The maximum Gasteiger partial charge on any atom is 0.227 e. The van der Waals surface area contributed by atoms with Gasteiger partial charge in [-0.2, -0.15) is 4.98 Å². The highest BCUT2D eigenvalue weighted by Gasteiger charge is 2.23. The van der Waals surface area contributed by atoms with Crippen LogP contribution in [0.15, 0.2) is 24.3 Å². The highest BCUT2D eigenvalue weighted by atomic mass is 15.3. The van der Waals surface area contributed by atoms with Gasteiger partial charge < -0.3 is 14.7 Å². The van der Waals surface area contributed by atoms with E-state index in [-0.39, 0.29) is 0 Å². The number of hydrogen-bond donors (Lipinski definition) is 0. The second-order valence-electron chi connectivity index (χ2n) is 8.55. The van der Waals surface area contributed by atoms with Gasteiger partial charge >= 0.3 is 0 Å². The molecule has 0 spiro atoms. The van der Waals surface area contributed by atoms with Crippen molar-refractivity contribution < 1.29 is 0 Å². The lowest BCUT2D eigenvalue weighted by Crippen LogP contribution is -2.47. The molecule has 1 aromatic heterocycles. The molecule has 0 amide bonds. The fourth-order valence-electron chi connectivity index (χ4n) is 4.46. The van der Waals surface area contributed by atoms with Gasteiger partial charge in [0.2, 0.25) is 5.95 Å². The van der Waals surface area contributed by atoms with Crippen LogP contribution >= 0.6 is 0 Å². The van der Waals surface area contributed by atoms with Crippen LogP contribution in [0.3, 0.4) is 0 Å². The van der Waals surface area contributed by atoms with Crippen molar-refractivity contribution in [2.45, 2.75) is 40.5 Å². The Morgan fingerprint density at radius 1 is 0.893 bits per heavy atom. The zero-order valence-corrected chi connectivity index (χ0v) is 17.8. The van der Waals surface area contributed by atoms with Crippen molar-refractivity contribution in [3.63, 3.8) is 0 Å². The van der Waals surface area contributed by atoms with Crippen LogP contribution in [0.5, 0.6) is 0 Å². The van der Waals surface area contributed by atoms with Gasteiger partial charge in [-0.1, -0.05) is 19.1 Å². The molecule has 5 heteroatoms. The summed E-state index contributed by atoms with van der Waals surface area (Å²) >= 11 is 0. The van der Waals surface area contributed by atoms with Crippen LogP contribution in [0.2, 0.25) is 0 Å². The summed E-state index contributed by atoms with van der Waals surface area (Å²) in [4.78, 5) is 17.0. The molecule has 1 aromatic carbocycles. The van der Waals surface area contributed by atoms with Crippen LogP contribution in [0, 0.1) is 26.7 Å². The van der Waals surface area contributed by atoms with E-state index in [1.807, 2.05) is 0 Å². The van der Waals surface area contributed by atoms with Crippen LogP contribution in [-0.4, -0.2) is 49.2 Å². The molecule has 2 fully saturated rings. The highest BCUT2D eigenvalue weighted by molar-refractivity contribution is 5.57. The molecule has 28 heavy (non-hydrogen) atoms. The fraction of sp³-hybridized carbons (Fsp3) is 0.565. The highest BCUT2D eigenvalue weighted by Crippen LogP contribution is 2.26. The van der Waals surface area contributed by atoms with Gasteiger partial charge in [0.05, 0.1) is 0 Å². The van der Waals surface area contributed by atoms with Crippen molar-refractivity contribution in [3.05, 3.63) is 41.1 Å². The molecule has 2 aromatic rings. The van der Waals surface area contributed by atoms with Gasteiger partial charge in [0.1, 0.15) is 5.82 Å². The Bertz CT molecular complexity index is 826. The van der Waals surface area contributed by atoms with Gasteiger partial charge in [-0.3, -0.25) is 0 Å². The van der Waals surface area contributed by atoms with Crippen molar-refractivity contribution in [2.75, 3.05) is 54.0 Å². The predicted molar refractivity (Wildman–Crippen MR) is 118 cm³/mol. The lowest BCUT2D eigenvalue weighted by atomic mass is 10.0. The molecule has 2 aliphatic rings. The van der Waals surface area contributed by atoms with Crippen LogP contribution in [0.1, 0.15) is 36.6 Å². The topological polar surface area (TPSA) is 35.5 Å². The summed E-state index contributed by atoms with van der Waals surface area (Å²) in [5.41, 5.74) is 5.19. The molecule has 0 saturated carbocycles. The number of aryl methyl sites for hydroxylation is 2. The Hall–Kier alpha value is -2.30. The largest absolute Gasteiger partial charge is 0.368 e. The number of piperidine rings is 1. The first-order chi connectivity index (χ1) is 13.5. The average molecular weight is 380 g/mol. The summed E-state index contributed by atoms with van der Waals surface area (Å²) in [7, 11) is 0. The first kappa shape index (κ1) is 19.0. The Morgan fingerprint density at radius 2 is 1.64 bits per heavy atom. The van der Waals surface area contributed by atoms with Crippen LogP contribution in [-0.2, 0) is 0 Å². The summed E-state index contributed by atoms with van der Waals surface area (Å²) in [6.45, 7) is 15.0. The third-order valence-corrected chi connectivity index (χ3v) is 6.29. The molecule has 150 valence electrons. The molecule has 0 radical (unpaired) electrons. The molecule has 0 bridgehead atoms. The standard InChI is InChI=1S/C23H33N5/c1-17-7-6-10-28(16-17)22-15-19(3)24-23(25-22)27-13-11-26(12-14-27)21-9-5-8-18(2)20(21)4/h5,8-9,15,17H,6-7,10-14,16H2,1-4H3. The minimum Gasteiger partial charge on any atom is -0.368 e. The first-order valence-electron chi connectivity index (χ1n) is 10.7. The maximum atomic E-state index is 4.97. The van der Waals surface area contributed by atoms with Gasteiger partial charge in [0.25, 0.3) is 0 Å². The number of aromatic nitrogens is 2. The predicted octanol–water partition coefficient (Wildman–Crippen LogP) is 3.96. The van der Waals surface area contributed by atoms with Gasteiger partial charge in [0.15, 0.2) is 0 Å². The maximum absolute atomic E-state index is 4.97. The minimum absolute atomic E-state index is 0.744. The lowest BCUT2D eigenvalue weighted by molar-refractivity contribution is 0.444. The summed E-state index contributed by atoms with van der Waals surface area (Å²) in [6.07, 6.45) is 2.59. The number of anilines is 3. The Labute approximate surface area is 169 Å². The van der Waals surface area contributed by atoms with E-state index in [1.165, 1.54) is 29.7 Å². The molecule has 1 unspecified atom stereocenters. The molecule has 5 nitrogen and oxygen atoms in total. The quantitative estimate of drug-likeness (QED) is 0.806. The summed E-state index contributed by atoms with van der Waals surface area (Å²) < 4.78 is 0. The van der Waals surface area contributed by atoms with E-state index in [4.69, 9.17) is 9.97 Å². The summed E-state index contributed by atoms with van der Waals surface area (Å²) in [6, 6.07) is 8.75. The normalized spacial score (nSPS) is 20.6. The Balaban J connectivity index is 1.48. The van der Waals surface area contributed by atoms with E-state index in [0.29, 0.717) is 0 Å². The van der Waals surface area contributed by atoms with E-state index in [1.54, 1.807) is 0 Å². The second kappa shape index (κ2) is 7.98. The van der Waals surface area contributed by atoms with Crippen molar-refractivity contribution in [1.82, 2.24) is 9.97 Å². The number of hydrogen-bond acceptors (Lipinski definition) is 5. The van der Waals surface area contributed by atoms with E-state index in [9.17, 15) is 0 Å². The first-order valence-corrected chi connectivity index (χ1v) is 10.7. The second-order valence-corrected chi connectivity index (χ2v) is 8.55. The lowest BCUT2D eigenvalue weighted by Gasteiger charge is -2.38. The summed E-state index contributed by atoms with van der Waals surface area (Å²) in [5.74, 6) is 2.74. The molecule has 4 rings (SSSR count). The number of piperazine rings is 1. The molecule has 3 heterocycles. The molecular weight excluding hydrogens is 346 g/mol. The van der Waals surface area contributed by atoms with Gasteiger partial charge in [-0.15, -0.1) is 0 Å². The monoisotopic (exact) mass is 379 g/mol. The minimum atomic E-state index is 0.744. The molecule has 0 N–H and O–H groups in total. The van der Waals surface area contributed by atoms with Crippen LogP contribution in [0.25, 0.3) is 0 Å². The SMILES string of the molecule is Cc1cc(N2CCCC(C)C2)nc(N2CCN(c3cccc(C)c3C)CC2)n1. The Morgan fingerprint density at radius 3 is 2.39 bits per heavy atom. The van der Waals surface area contributed by atoms with Crippen LogP contribution < -0.4 is 14.7 Å². The van der Waals surface area contributed by atoms with Crippen molar-refractivity contribution >= 4 is 17.5 Å². The molecule has 2 saturated heterocycles. The molecular formula is C23H33N5. The van der Waals surface area contributed by atoms with Crippen molar-refractivity contribution in [3.8, 4) is 0 Å². The van der Waals surface area contributed by atoms with Crippen molar-refractivity contribution in [2.24, 2.45) is 5.92 Å². The van der Waals surface area contributed by atoms with Gasteiger partial charge in [-0.25, -0.2) is 4.98 Å². The van der Waals surface area contributed by atoms with Crippen LogP contribution in [0.4, 0.5) is 17.5 Å². The molecule has 0 aliphatic carbocycles. The zero-order chi connectivity index (χ0) is 19.7. The molecule has 2 aliphatic heterocycles. The smallest absolute Gasteiger partial charge is 0.227 e. The number of rotatable bonds is 3. The number of benzene rings is 1. The third-order valence-electron chi connectivity index (χ3n) is 6.29. The van der Waals surface area contributed by atoms with E-state index in [0.717, 1.165) is 62.6 Å².